The fraction of sp³-hybridized carbons (Fsp3) is 0.423. The maximum atomic E-state index is 13.5. The van der Waals surface area contributed by atoms with Gasteiger partial charge in [-0.15, -0.1) is 0 Å². The number of likely N-dealkylation sites (N-methyl/N-ethyl adjacent to an activating group) is 1. The molecule has 2 aliphatic rings. The lowest BCUT2D eigenvalue weighted by atomic mass is 10.0. The number of aromatic nitrogens is 2. The second-order valence-electron chi connectivity index (χ2n) is 9.63. The number of rotatable bonds is 5. The first-order valence-corrected chi connectivity index (χ1v) is 11.8. The largest absolute Gasteiger partial charge is 0.369 e. The van der Waals surface area contributed by atoms with Crippen LogP contribution in [0.25, 0.3) is 10.9 Å². The molecule has 3 heterocycles. The van der Waals surface area contributed by atoms with Crippen LogP contribution in [0.15, 0.2) is 53.3 Å². The summed E-state index contributed by atoms with van der Waals surface area (Å²) in [6.45, 7) is 8.72. The molecule has 1 saturated heterocycles. The summed E-state index contributed by atoms with van der Waals surface area (Å²) in [6, 6.07) is 15.3. The minimum atomic E-state index is -0.505. The normalized spacial score (nSPS) is 19.0. The number of carbonyl (C=O) groups excluding carboxylic acids is 1. The summed E-state index contributed by atoms with van der Waals surface area (Å²) >= 11 is 0. The molecule has 172 valence electrons. The first-order chi connectivity index (χ1) is 15.9. The van der Waals surface area contributed by atoms with Gasteiger partial charge in [0.2, 0.25) is 5.95 Å². The van der Waals surface area contributed by atoms with E-state index in [1.165, 1.54) is 5.69 Å². The molecule has 7 nitrogen and oxygen atoms in total. The Morgan fingerprint density at radius 2 is 1.67 bits per heavy atom. The number of hydrogen-bond acceptors (Lipinski definition) is 5. The molecule has 1 atom stereocenters. The lowest BCUT2D eigenvalue weighted by Crippen LogP contribution is -2.44. The molecule has 0 bridgehead atoms. The van der Waals surface area contributed by atoms with Gasteiger partial charge in [-0.1, -0.05) is 38.1 Å². The Bertz CT molecular complexity index is 1230. The van der Waals surface area contributed by atoms with Gasteiger partial charge in [-0.2, -0.15) is 0 Å². The summed E-state index contributed by atoms with van der Waals surface area (Å²) < 4.78 is 1.61. The van der Waals surface area contributed by atoms with Crippen molar-refractivity contribution in [3.63, 3.8) is 0 Å². The maximum absolute atomic E-state index is 13.5. The fourth-order valence-electron chi connectivity index (χ4n) is 4.86. The topological polar surface area (TPSA) is 61.7 Å². The first kappa shape index (κ1) is 21.6. The Labute approximate surface area is 194 Å². The Balaban J connectivity index is 1.46. The summed E-state index contributed by atoms with van der Waals surface area (Å²) in [5, 5.41) is 0.557. The molecule has 1 aromatic heterocycles. The Morgan fingerprint density at radius 3 is 2.36 bits per heavy atom. The molecular formula is C26H31N5O2. The highest BCUT2D eigenvalue weighted by molar-refractivity contribution is 5.99. The number of carbonyl (C=O) groups is 1. The number of para-hydroxylation sites is 1. The Kier molecular flexibility index (Phi) is 5.66. The third-order valence-electron chi connectivity index (χ3n) is 6.73. The van der Waals surface area contributed by atoms with Crippen LogP contribution in [0.3, 0.4) is 0 Å². The highest BCUT2D eigenvalue weighted by Gasteiger charge is 2.39. The van der Waals surface area contributed by atoms with Crippen LogP contribution in [0.1, 0.15) is 31.9 Å². The standard InChI is InChI=1S/C26H31N5O2/c1-18(2)16-23-25(33)30(26-27-22-7-5-4-6-21(22)24(32)31(23)26)17-19-8-10-20(11-9-19)29-14-12-28(3)13-15-29/h4-11,18,23H,12-17H2,1-3H3. The predicted octanol–water partition coefficient (Wildman–Crippen LogP) is 3.28. The molecule has 1 unspecified atom stereocenters. The minimum Gasteiger partial charge on any atom is -0.369 e. The van der Waals surface area contributed by atoms with Crippen molar-refractivity contribution in [2.45, 2.75) is 32.9 Å². The molecule has 0 aliphatic carbocycles. The van der Waals surface area contributed by atoms with Gasteiger partial charge in [-0.3, -0.25) is 19.1 Å². The molecule has 0 spiro atoms. The van der Waals surface area contributed by atoms with Crippen LogP contribution in [-0.2, 0) is 11.3 Å². The zero-order valence-electron chi connectivity index (χ0n) is 19.6. The third kappa shape index (κ3) is 4.02. The van der Waals surface area contributed by atoms with Gasteiger partial charge in [0.05, 0.1) is 17.4 Å². The molecule has 1 amide bonds. The summed E-state index contributed by atoms with van der Waals surface area (Å²) in [5.41, 5.74) is 2.73. The second kappa shape index (κ2) is 8.63. The number of nitrogens with zero attached hydrogens (tertiary/aromatic N) is 5. The summed E-state index contributed by atoms with van der Waals surface area (Å²) in [7, 11) is 2.15. The van der Waals surface area contributed by atoms with E-state index in [-0.39, 0.29) is 17.4 Å². The molecule has 0 N–H and O–H groups in total. The van der Waals surface area contributed by atoms with Gasteiger partial charge in [0.1, 0.15) is 6.04 Å². The van der Waals surface area contributed by atoms with Crippen molar-refractivity contribution in [1.82, 2.24) is 14.5 Å². The average molecular weight is 446 g/mol. The van der Waals surface area contributed by atoms with Gasteiger partial charge in [0, 0.05) is 31.9 Å². The summed E-state index contributed by atoms with van der Waals surface area (Å²) in [4.78, 5) is 38.0. The van der Waals surface area contributed by atoms with Crippen LogP contribution in [0.2, 0.25) is 0 Å². The minimum absolute atomic E-state index is 0.0493. The smallest absolute Gasteiger partial charge is 0.263 e. The van der Waals surface area contributed by atoms with Crippen LogP contribution >= 0.6 is 0 Å². The van der Waals surface area contributed by atoms with E-state index in [1.807, 2.05) is 18.2 Å². The quantitative estimate of drug-likeness (QED) is 0.603. The zero-order valence-corrected chi connectivity index (χ0v) is 19.6. The molecule has 0 saturated carbocycles. The Hall–Kier alpha value is -3.19. The monoisotopic (exact) mass is 445 g/mol. The molecular weight excluding hydrogens is 414 g/mol. The first-order valence-electron chi connectivity index (χ1n) is 11.8. The van der Waals surface area contributed by atoms with Crippen molar-refractivity contribution < 1.29 is 4.79 Å². The van der Waals surface area contributed by atoms with Crippen LogP contribution in [0.5, 0.6) is 0 Å². The van der Waals surface area contributed by atoms with Crippen molar-refractivity contribution in [2.75, 3.05) is 43.0 Å². The van der Waals surface area contributed by atoms with E-state index >= 15 is 0 Å². The number of anilines is 2. The Morgan fingerprint density at radius 1 is 0.970 bits per heavy atom. The third-order valence-corrected chi connectivity index (χ3v) is 6.73. The van der Waals surface area contributed by atoms with Gasteiger partial charge < -0.3 is 9.80 Å². The predicted molar refractivity (Wildman–Crippen MR) is 132 cm³/mol. The van der Waals surface area contributed by atoms with E-state index in [9.17, 15) is 9.59 Å². The number of fused-ring (bicyclic) bond motifs is 2. The van der Waals surface area contributed by atoms with Crippen molar-refractivity contribution >= 4 is 28.4 Å². The highest BCUT2D eigenvalue weighted by atomic mass is 16.2. The molecule has 1 fully saturated rings. The zero-order chi connectivity index (χ0) is 23.1. The maximum Gasteiger partial charge on any atom is 0.263 e. The highest BCUT2D eigenvalue weighted by Crippen LogP contribution is 2.33. The molecule has 5 rings (SSSR count). The van der Waals surface area contributed by atoms with Crippen LogP contribution in [0, 0.1) is 5.92 Å². The number of benzene rings is 2. The molecule has 0 radical (unpaired) electrons. The van der Waals surface area contributed by atoms with Gasteiger partial charge in [0.15, 0.2) is 0 Å². The lowest BCUT2D eigenvalue weighted by molar-refractivity contribution is -0.120. The van der Waals surface area contributed by atoms with Crippen molar-refractivity contribution in [1.29, 1.82) is 0 Å². The van der Waals surface area contributed by atoms with Crippen LogP contribution < -0.4 is 15.4 Å². The van der Waals surface area contributed by atoms with Crippen molar-refractivity contribution in [3.8, 4) is 0 Å². The number of amides is 1. The lowest BCUT2D eigenvalue weighted by Gasteiger charge is -2.34. The molecule has 3 aromatic rings. The molecule has 2 aromatic carbocycles. The van der Waals surface area contributed by atoms with E-state index in [0.29, 0.717) is 29.8 Å². The summed E-state index contributed by atoms with van der Waals surface area (Å²) in [6.07, 6.45) is 0.616. The molecule has 2 aliphatic heterocycles. The fourth-order valence-corrected chi connectivity index (χ4v) is 4.86. The molecule has 33 heavy (non-hydrogen) atoms. The van der Waals surface area contributed by atoms with E-state index < -0.39 is 6.04 Å². The van der Waals surface area contributed by atoms with Crippen molar-refractivity contribution in [2.24, 2.45) is 5.92 Å². The van der Waals surface area contributed by atoms with Gasteiger partial charge >= 0.3 is 0 Å². The molecule has 7 heteroatoms. The van der Waals surface area contributed by atoms with E-state index in [0.717, 1.165) is 31.7 Å². The van der Waals surface area contributed by atoms with E-state index in [1.54, 1.807) is 15.5 Å². The number of piperazine rings is 1. The number of hydrogen-bond donors (Lipinski definition) is 0. The average Bonchev–Trinajstić information content (AvgIpc) is 3.06. The van der Waals surface area contributed by atoms with Crippen LogP contribution in [-0.4, -0.2) is 53.6 Å². The summed E-state index contributed by atoms with van der Waals surface area (Å²) in [5.74, 6) is 0.692. The van der Waals surface area contributed by atoms with Crippen LogP contribution in [0.4, 0.5) is 11.6 Å². The van der Waals surface area contributed by atoms with Gasteiger partial charge in [-0.25, -0.2) is 4.98 Å². The van der Waals surface area contributed by atoms with E-state index in [2.05, 4.69) is 55.0 Å². The van der Waals surface area contributed by atoms with Gasteiger partial charge in [0.25, 0.3) is 11.5 Å². The second-order valence-corrected chi connectivity index (χ2v) is 9.63. The van der Waals surface area contributed by atoms with Gasteiger partial charge in [-0.05, 0) is 49.2 Å². The van der Waals surface area contributed by atoms with Crippen molar-refractivity contribution in [3.05, 3.63) is 64.4 Å². The SMILES string of the molecule is CC(C)CC1C(=O)N(Cc2ccc(N3CCN(C)CC3)cc2)c2nc3ccccc3c(=O)n21. The van der Waals surface area contributed by atoms with E-state index in [4.69, 9.17) is 4.98 Å².